The Kier molecular flexibility index (Phi) is 6.20. The van der Waals surface area contributed by atoms with Crippen molar-refractivity contribution in [3.05, 3.63) is 78.4 Å². The van der Waals surface area contributed by atoms with E-state index in [1.54, 1.807) is 23.9 Å². The Morgan fingerprint density at radius 1 is 1.03 bits per heavy atom. The first kappa shape index (κ1) is 21.3. The summed E-state index contributed by atoms with van der Waals surface area (Å²) in [5, 5.41) is 2.83. The van der Waals surface area contributed by atoms with Gasteiger partial charge >= 0.3 is 0 Å². The van der Waals surface area contributed by atoms with Gasteiger partial charge in [0, 0.05) is 11.4 Å². The molecular weight excluding hydrogens is 432 g/mol. The number of sulfonamides is 1. The molecule has 0 radical (unpaired) electrons. The highest BCUT2D eigenvalue weighted by atomic mass is 32.2. The normalized spacial score (nSPS) is 13.0. The van der Waals surface area contributed by atoms with E-state index in [4.69, 9.17) is 4.74 Å². The Labute approximate surface area is 186 Å². The number of rotatable bonds is 7. The fourth-order valence-corrected chi connectivity index (χ4v) is 5.53. The van der Waals surface area contributed by atoms with Crippen molar-refractivity contribution >= 4 is 39.1 Å². The van der Waals surface area contributed by atoms with Crippen molar-refractivity contribution in [2.75, 3.05) is 29.0 Å². The maximum Gasteiger partial charge on any atom is 0.264 e. The number of ether oxygens (including phenoxy) is 1. The molecule has 1 N–H and O–H groups in total. The molecule has 0 fully saturated rings. The van der Waals surface area contributed by atoms with E-state index in [0.29, 0.717) is 18.7 Å². The molecule has 3 aromatic carbocycles. The Morgan fingerprint density at radius 3 is 2.52 bits per heavy atom. The van der Waals surface area contributed by atoms with Gasteiger partial charge in [-0.15, -0.1) is 11.8 Å². The average Bonchev–Trinajstić information content (AvgIpc) is 3.23. The third kappa shape index (κ3) is 4.55. The van der Waals surface area contributed by atoms with Crippen LogP contribution in [0.2, 0.25) is 0 Å². The first-order valence-electron chi connectivity index (χ1n) is 9.75. The van der Waals surface area contributed by atoms with Gasteiger partial charge in [0.1, 0.15) is 5.75 Å². The Hall–Kier alpha value is -2.97. The van der Waals surface area contributed by atoms with E-state index < -0.39 is 10.0 Å². The second-order valence-corrected chi connectivity index (χ2v) is 9.67. The molecule has 1 amide bonds. The summed E-state index contributed by atoms with van der Waals surface area (Å²) in [5.41, 5.74) is 2.49. The van der Waals surface area contributed by atoms with Crippen molar-refractivity contribution in [1.29, 1.82) is 0 Å². The summed E-state index contributed by atoms with van der Waals surface area (Å²) in [7, 11) is -3.65. The lowest BCUT2D eigenvalue weighted by Gasteiger charge is -2.19. The molecule has 31 heavy (non-hydrogen) atoms. The minimum atomic E-state index is -3.65. The first-order valence-corrected chi connectivity index (χ1v) is 12.4. The molecule has 0 saturated heterocycles. The molecule has 0 unspecified atom stereocenters. The molecular formula is C23H22N2O4S2. The van der Waals surface area contributed by atoms with Crippen LogP contribution < -0.4 is 14.4 Å². The van der Waals surface area contributed by atoms with Crippen LogP contribution in [0, 0.1) is 0 Å². The molecule has 1 aliphatic heterocycles. The van der Waals surface area contributed by atoms with Crippen LogP contribution in [0.5, 0.6) is 5.75 Å². The maximum absolute atomic E-state index is 13.1. The summed E-state index contributed by atoms with van der Waals surface area (Å²) in [6.45, 7) is 0.256. The lowest BCUT2D eigenvalue weighted by molar-refractivity contribution is -0.118. The maximum atomic E-state index is 13.1. The predicted octanol–water partition coefficient (Wildman–Crippen LogP) is 4.18. The van der Waals surface area contributed by atoms with E-state index in [2.05, 4.69) is 5.32 Å². The van der Waals surface area contributed by atoms with Gasteiger partial charge in [-0.25, -0.2) is 8.42 Å². The van der Waals surface area contributed by atoms with E-state index in [1.165, 1.54) is 16.4 Å². The van der Waals surface area contributed by atoms with E-state index in [0.717, 1.165) is 21.8 Å². The molecule has 1 aliphatic rings. The van der Waals surface area contributed by atoms with Crippen molar-refractivity contribution in [3.8, 4) is 5.75 Å². The number of fused-ring (bicyclic) bond motifs is 1. The van der Waals surface area contributed by atoms with Crippen LogP contribution in [-0.2, 0) is 21.2 Å². The molecule has 8 heteroatoms. The van der Waals surface area contributed by atoms with Gasteiger partial charge in [0.15, 0.2) is 6.61 Å². The number of para-hydroxylation sites is 2. The Morgan fingerprint density at radius 2 is 1.74 bits per heavy atom. The highest BCUT2D eigenvalue weighted by Gasteiger charge is 2.30. The minimum Gasteiger partial charge on any atom is -0.484 e. The van der Waals surface area contributed by atoms with Crippen LogP contribution in [-0.4, -0.2) is 33.7 Å². The topological polar surface area (TPSA) is 75.7 Å². The molecule has 4 rings (SSSR count). The second kappa shape index (κ2) is 9.03. The van der Waals surface area contributed by atoms with Gasteiger partial charge < -0.3 is 10.1 Å². The fraction of sp³-hybridized carbons (Fsp3) is 0.174. The average molecular weight is 455 g/mol. The zero-order valence-electron chi connectivity index (χ0n) is 16.9. The van der Waals surface area contributed by atoms with Crippen LogP contribution in [0.3, 0.4) is 0 Å². The molecule has 0 aromatic heterocycles. The van der Waals surface area contributed by atoms with E-state index in [9.17, 15) is 13.2 Å². The molecule has 0 spiro atoms. The van der Waals surface area contributed by atoms with E-state index >= 15 is 0 Å². The standard InChI is InChI=1S/C23H22N2O4S2/c1-30-22-9-5-3-7-20(22)24-23(26)16-29-18-10-12-19(13-11-18)31(27,28)25-15-14-17-6-2-4-8-21(17)25/h2-13H,14-16H2,1H3,(H,24,26). The van der Waals surface area contributed by atoms with Crippen LogP contribution >= 0.6 is 11.8 Å². The number of hydrogen-bond donors (Lipinski definition) is 1. The van der Waals surface area contributed by atoms with Gasteiger partial charge in [-0.2, -0.15) is 0 Å². The molecule has 160 valence electrons. The number of thioether (sulfide) groups is 1. The third-order valence-electron chi connectivity index (χ3n) is 5.01. The number of carbonyl (C=O) groups is 1. The van der Waals surface area contributed by atoms with Crippen molar-refractivity contribution in [2.45, 2.75) is 16.2 Å². The summed E-state index contributed by atoms with van der Waals surface area (Å²) < 4.78 is 33.1. The summed E-state index contributed by atoms with van der Waals surface area (Å²) in [6.07, 6.45) is 2.64. The SMILES string of the molecule is CSc1ccccc1NC(=O)COc1ccc(S(=O)(=O)N2CCc3ccccc32)cc1. The quantitative estimate of drug-likeness (QED) is 0.542. The highest BCUT2D eigenvalue weighted by molar-refractivity contribution is 7.98. The molecule has 1 heterocycles. The minimum absolute atomic E-state index is 0.172. The monoisotopic (exact) mass is 454 g/mol. The zero-order chi connectivity index (χ0) is 21.8. The third-order valence-corrected chi connectivity index (χ3v) is 7.63. The van der Waals surface area contributed by atoms with E-state index in [-0.39, 0.29) is 17.4 Å². The predicted molar refractivity (Wildman–Crippen MR) is 123 cm³/mol. The molecule has 6 nitrogen and oxygen atoms in total. The number of benzene rings is 3. The number of nitrogens with one attached hydrogen (secondary N) is 1. The van der Waals surface area contributed by atoms with Crippen LogP contribution in [0.25, 0.3) is 0 Å². The van der Waals surface area contributed by atoms with Gasteiger partial charge in [0.05, 0.1) is 16.3 Å². The number of anilines is 2. The molecule has 0 aliphatic carbocycles. The van der Waals surface area contributed by atoms with Gasteiger partial charge in [-0.3, -0.25) is 9.10 Å². The number of hydrogen-bond acceptors (Lipinski definition) is 5. The second-order valence-electron chi connectivity index (χ2n) is 6.96. The van der Waals surface area contributed by atoms with Crippen LogP contribution in [0.1, 0.15) is 5.56 Å². The fourth-order valence-electron chi connectivity index (χ4n) is 3.48. The van der Waals surface area contributed by atoms with Gasteiger partial charge in [0.2, 0.25) is 0 Å². The molecule has 3 aromatic rings. The van der Waals surface area contributed by atoms with Crippen molar-refractivity contribution in [1.82, 2.24) is 0 Å². The van der Waals surface area contributed by atoms with Gasteiger partial charge in [-0.05, 0) is 60.7 Å². The summed E-state index contributed by atoms with van der Waals surface area (Å²) in [6, 6.07) is 21.2. The largest absolute Gasteiger partial charge is 0.484 e. The number of carbonyl (C=O) groups excluding carboxylic acids is 1. The van der Waals surface area contributed by atoms with Crippen LogP contribution in [0.4, 0.5) is 11.4 Å². The van der Waals surface area contributed by atoms with Gasteiger partial charge in [0.25, 0.3) is 15.9 Å². The summed E-state index contributed by atoms with van der Waals surface area (Å²) >= 11 is 1.55. The van der Waals surface area contributed by atoms with Gasteiger partial charge in [-0.1, -0.05) is 30.3 Å². The first-order chi connectivity index (χ1) is 15.0. The lowest BCUT2D eigenvalue weighted by Crippen LogP contribution is -2.29. The number of amides is 1. The molecule has 0 saturated carbocycles. The van der Waals surface area contributed by atoms with E-state index in [1.807, 2.05) is 54.8 Å². The zero-order valence-corrected chi connectivity index (χ0v) is 18.6. The highest BCUT2D eigenvalue weighted by Crippen LogP contribution is 2.33. The summed E-state index contributed by atoms with van der Waals surface area (Å²) in [4.78, 5) is 13.4. The Bertz CT molecular complexity index is 1190. The smallest absolute Gasteiger partial charge is 0.264 e. The molecule has 0 bridgehead atoms. The van der Waals surface area contributed by atoms with Crippen molar-refractivity contribution in [3.63, 3.8) is 0 Å². The number of nitrogens with zero attached hydrogens (tertiary/aromatic N) is 1. The lowest BCUT2D eigenvalue weighted by atomic mass is 10.2. The summed E-state index contributed by atoms with van der Waals surface area (Å²) in [5.74, 6) is 0.140. The van der Waals surface area contributed by atoms with Crippen LogP contribution in [0.15, 0.2) is 82.6 Å². The van der Waals surface area contributed by atoms with Crippen molar-refractivity contribution in [2.24, 2.45) is 0 Å². The van der Waals surface area contributed by atoms with Crippen molar-refractivity contribution < 1.29 is 17.9 Å². The molecule has 0 atom stereocenters. The Balaban J connectivity index is 1.40.